The monoisotopic (exact) mass is 256 g/mol. The molecule has 0 saturated heterocycles. The first-order valence-electron chi connectivity index (χ1n) is 4.69. The minimum Gasteiger partial charge on any atom is -0.207 e. The van der Waals surface area contributed by atoms with Crippen molar-refractivity contribution >= 4 is 22.0 Å². The largest absolute Gasteiger partial charge is 0.207 e. The summed E-state index contributed by atoms with van der Waals surface area (Å²) < 4.78 is 13.2. The van der Waals surface area contributed by atoms with Crippen molar-refractivity contribution in [3.8, 4) is 0 Å². The first kappa shape index (κ1) is 11.4. The molecule has 0 aliphatic carbocycles. The molecule has 1 rings (SSSR count). The maximum Gasteiger partial charge on any atom is 0.126 e. The lowest BCUT2D eigenvalue weighted by Crippen LogP contribution is -1.86. The van der Waals surface area contributed by atoms with E-state index >= 15 is 0 Å². The van der Waals surface area contributed by atoms with Gasteiger partial charge in [-0.2, -0.15) is 0 Å². The third-order valence-corrected chi connectivity index (χ3v) is 2.91. The Morgan fingerprint density at radius 1 is 1.50 bits per heavy atom. The predicted octanol–water partition coefficient (Wildman–Crippen LogP) is 4.32. The van der Waals surface area contributed by atoms with E-state index in [9.17, 15) is 4.39 Å². The Hall–Kier alpha value is -0.630. The standard InChI is InChI=1S/C12H14BrF/c1-3-10(8-13)6-11-5-4-9(2)12(14)7-11/h4-7H,3,8H2,1-2H3. The predicted molar refractivity (Wildman–Crippen MR) is 63.2 cm³/mol. The highest BCUT2D eigenvalue weighted by Gasteiger charge is 1.98. The van der Waals surface area contributed by atoms with E-state index in [0.29, 0.717) is 5.56 Å². The maximum atomic E-state index is 13.2. The van der Waals surface area contributed by atoms with Crippen LogP contribution in [0.1, 0.15) is 24.5 Å². The molecular formula is C12H14BrF. The zero-order chi connectivity index (χ0) is 10.6. The fourth-order valence-corrected chi connectivity index (χ4v) is 1.73. The molecule has 0 N–H and O–H groups in total. The van der Waals surface area contributed by atoms with Crippen molar-refractivity contribution in [1.29, 1.82) is 0 Å². The molecule has 0 atom stereocenters. The van der Waals surface area contributed by atoms with Crippen molar-refractivity contribution in [2.45, 2.75) is 20.3 Å². The summed E-state index contributed by atoms with van der Waals surface area (Å²) in [4.78, 5) is 0. The maximum absolute atomic E-state index is 13.2. The fourth-order valence-electron chi connectivity index (χ4n) is 1.17. The van der Waals surface area contributed by atoms with E-state index in [0.717, 1.165) is 17.3 Å². The van der Waals surface area contributed by atoms with E-state index in [1.165, 1.54) is 5.57 Å². The summed E-state index contributed by atoms with van der Waals surface area (Å²) in [6.45, 7) is 3.87. The second-order valence-corrected chi connectivity index (χ2v) is 3.86. The van der Waals surface area contributed by atoms with E-state index in [1.54, 1.807) is 13.0 Å². The molecule has 1 aromatic rings. The number of aryl methyl sites for hydroxylation is 1. The van der Waals surface area contributed by atoms with Crippen molar-refractivity contribution < 1.29 is 4.39 Å². The Morgan fingerprint density at radius 3 is 2.71 bits per heavy atom. The van der Waals surface area contributed by atoms with E-state index in [-0.39, 0.29) is 5.82 Å². The summed E-state index contributed by atoms with van der Waals surface area (Å²) in [7, 11) is 0. The van der Waals surface area contributed by atoms with E-state index < -0.39 is 0 Å². The minimum atomic E-state index is -0.135. The Kier molecular flexibility index (Phi) is 4.33. The average Bonchev–Trinajstić information content (AvgIpc) is 2.19. The lowest BCUT2D eigenvalue weighted by Gasteiger charge is -2.01. The SMILES string of the molecule is CCC(=Cc1ccc(C)c(F)c1)CBr. The molecule has 0 fully saturated rings. The molecule has 0 saturated carbocycles. The molecule has 14 heavy (non-hydrogen) atoms. The molecule has 0 nitrogen and oxygen atoms in total. The number of rotatable bonds is 3. The summed E-state index contributed by atoms with van der Waals surface area (Å²) >= 11 is 3.40. The zero-order valence-electron chi connectivity index (χ0n) is 8.48. The topological polar surface area (TPSA) is 0 Å². The van der Waals surface area contributed by atoms with Gasteiger partial charge in [0.1, 0.15) is 5.82 Å². The summed E-state index contributed by atoms with van der Waals surface area (Å²) in [5.74, 6) is -0.135. The number of hydrogen-bond donors (Lipinski definition) is 0. The molecule has 0 unspecified atom stereocenters. The summed E-state index contributed by atoms with van der Waals surface area (Å²) in [5.41, 5.74) is 2.90. The number of benzene rings is 1. The normalized spacial score (nSPS) is 11.9. The molecular weight excluding hydrogens is 243 g/mol. The van der Waals surface area contributed by atoms with Crippen LogP contribution in [0, 0.1) is 12.7 Å². The van der Waals surface area contributed by atoms with Gasteiger partial charge < -0.3 is 0 Å². The number of alkyl halides is 1. The molecule has 2 heteroatoms. The molecule has 0 spiro atoms. The van der Waals surface area contributed by atoms with Gasteiger partial charge in [0, 0.05) is 5.33 Å². The van der Waals surface area contributed by atoms with Gasteiger partial charge in [0.2, 0.25) is 0 Å². The molecule has 76 valence electrons. The summed E-state index contributed by atoms with van der Waals surface area (Å²) in [6, 6.07) is 5.33. The van der Waals surface area contributed by atoms with Crippen molar-refractivity contribution in [3.05, 3.63) is 40.7 Å². The van der Waals surface area contributed by atoms with Crippen LogP contribution in [0.2, 0.25) is 0 Å². The molecule has 1 aromatic carbocycles. The first-order valence-corrected chi connectivity index (χ1v) is 5.81. The van der Waals surface area contributed by atoms with Crippen LogP contribution in [0.3, 0.4) is 0 Å². The van der Waals surface area contributed by atoms with Crippen LogP contribution in [-0.2, 0) is 0 Å². The molecule has 0 heterocycles. The Balaban J connectivity index is 2.97. The van der Waals surface area contributed by atoms with Gasteiger partial charge >= 0.3 is 0 Å². The van der Waals surface area contributed by atoms with Gasteiger partial charge in [0.15, 0.2) is 0 Å². The van der Waals surface area contributed by atoms with Crippen LogP contribution < -0.4 is 0 Å². The molecule has 0 radical (unpaired) electrons. The van der Waals surface area contributed by atoms with E-state index in [1.807, 2.05) is 18.2 Å². The van der Waals surface area contributed by atoms with Gasteiger partial charge in [-0.05, 0) is 30.5 Å². The first-order chi connectivity index (χ1) is 6.67. The lowest BCUT2D eigenvalue weighted by molar-refractivity contribution is 0.618. The second-order valence-electron chi connectivity index (χ2n) is 3.30. The van der Waals surface area contributed by atoms with Crippen LogP contribution in [0.4, 0.5) is 4.39 Å². The molecule has 0 aromatic heterocycles. The molecule has 0 aliphatic rings. The van der Waals surface area contributed by atoms with Gasteiger partial charge in [-0.15, -0.1) is 0 Å². The van der Waals surface area contributed by atoms with E-state index in [4.69, 9.17) is 0 Å². The van der Waals surface area contributed by atoms with Gasteiger partial charge in [0.25, 0.3) is 0 Å². The highest BCUT2D eigenvalue weighted by molar-refractivity contribution is 9.09. The van der Waals surface area contributed by atoms with Crippen LogP contribution >= 0.6 is 15.9 Å². The fraction of sp³-hybridized carbons (Fsp3) is 0.333. The highest BCUT2D eigenvalue weighted by atomic mass is 79.9. The summed E-state index contributed by atoms with van der Waals surface area (Å²) in [6.07, 6.45) is 3.01. The number of hydrogen-bond acceptors (Lipinski definition) is 0. The van der Waals surface area contributed by atoms with Crippen molar-refractivity contribution in [2.75, 3.05) is 5.33 Å². The van der Waals surface area contributed by atoms with Crippen LogP contribution in [0.5, 0.6) is 0 Å². The third-order valence-electron chi connectivity index (χ3n) is 2.19. The smallest absolute Gasteiger partial charge is 0.126 e. The van der Waals surface area contributed by atoms with Gasteiger partial charge in [-0.1, -0.05) is 46.6 Å². The Bertz CT molecular complexity index is 336. The van der Waals surface area contributed by atoms with Gasteiger partial charge in [-0.25, -0.2) is 4.39 Å². The number of allylic oxidation sites excluding steroid dienone is 1. The van der Waals surface area contributed by atoms with Gasteiger partial charge in [0.05, 0.1) is 0 Å². The third kappa shape index (κ3) is 2.95. The number of halogens is 2. The average molecular weight is 257 g/mol. The molecule has 0 bridgehead atoms. The second kappa shape index (κ2) is 5.30. The van der Waals surface area contributed by atoms with Crippen molar-refractivity contribution in [3.63, 3.8) is 0 Å². The summed E-state index contributed by atoms with van der Waals surface area (Å²) in [5, 5.41) is 0.846. The van der Waals surface area contributed by atoms with E-state index in [2.05, 4.69) is 22.9 Å². The van der Waals surface area contributed by atoms with Gasteiger partial charge in [-0.3, -0.25) is 0 Å². The van der Waals surface area contributed by atoms with Crippen LogP contribution in [0.25, 0.3) is 6.08 Å². The Labute approximate surface area is 93.0 Å². The van der Waals surface area contributed by atoms with Crippen LogP contribution in [-0.4, -0.2) is 5.33 Å². The van der Waals surface area contributed by atoms with Crippen molar-refractivity contribution in [2.24, 2.45) is 0 Å². The Morgan fingerprint density at radius 2 is 2.21 bits per heavy atom. The highest BCUT2D eigenvalue weighted by Crippen LogP contribution is 2.15. The quantitative estimate of drug-likeness (QED) is 0.707. The zero-order valence-corrected chi connectivity index (χ0v) is 10.1. The van der Waals surface area contributed by atoms with Crippen molar-refractivity contribution in [1.82, 2.24) is 0 Å². The lowest BCUT2D eigenvalue weighted by atomic mass is 10.1. The molecule has 0 aliphatic heterocycles. The van der Waals surface area contributed by atoms with Crippen LogP contribution in [0.15, 0.2) is 23.8 Å². The minimum absolute atomic E-state index is 0.135. The molecule has 0 amide bonds.